The first-order valence-electron chi connectivity index (χ1n) is 8.24. The predicted octanol–water partition coefficient (Wildman–Crippen LogP) is 1.93. The summed E-state index contributed by atoms with van der Waals surface area (Å²) in [5, 5.41) is 4.83. The van der Waals surface area contributed by atoms with Gasteiger partial charge in [0.25, 0.3) is 5.91 Å². The Bertz CT molecular complexity index is 1020. The van der Waals surface area contributed by atoms with Crippen molar-refractivity contribution in [2.24, 2.45) is 0 Å². The van der Waals surface area contributed by atoms with Crippen molar-refractivity contribution in [2.45, 2.75) is 19.4 Å². The fourth-order valence-corrected chi connectivity index (χ4v) is 3.58. The van der Waals surface area contributed by atoms with Crippen LogP contribution in [0.15, 0.2) is 39.0 Å². The molecule has 0 atom stereocenters. The predicted molar refractivity (Wildman–Crippen MR) is 96.4 cm³/mol. The van der Waals surface area contributed by atoms with Gasteiger partial charge in [0, 0.05) is 30.2 Å². The number of carbonyl (C=O) groups excluding carboxylic acids is 2. The van der Waals surface area contributed by atoms with E-state index < -0.39 is 5.76 Å². The van der Waals surface area contributed by atoms with Gasteiger partial charge in [-0.3, -0.25) is 14.2 Å². The molecule has 1 N–H and O–H groups in total. The Morgan fingerprint density at radius 1 is 1.27 bits per heavy atom. The maximum absolute atomic E-state index is 12.6. The Morgan fingerprint density at radius 3 is 2.81 bits per heavy atom. The Morgan fingerprint density at radius 2 is 2.08 bits per heavy atom. The van der Waals surface area contributed by atoms with Crippen molar-refractivity contribution in [3.8, 4) is 0 Å². The lowest BCUT2D eigenvalue weighted by Crippen LogP contribution is -2.27. The third-order valence-electron chi connectivity index (χ3n) is 4.29. The second-order valence-corrected chi connectivity index (χ2v) is 6.92. The summed E-state index contributed by atoms with van der Waals surface area (Å²) in [5.41, 5.74) is 1.25. The third-order valence-corrected chi connectivity index (χ3v) is 4.98. The van der Waals surface area contributed by atoms with E-state index in [9.17, 15) is 14.4 Å². The zero-order chi connectivity index (χ0) is 18.1. The van der Waals surface area contributed by atoms with Crippen molar-refractivity contribution in [1.29, 1.82) is 0 Å². The molecular weight excluding hydrogens is 356 g/mol. The molecule has 0 saturated carbocycles. The van der Waals surface area contributed by atoms with Crippen molar-refractivity contribution in [2.75, 3.05) is 18.4 Å². The Kier molecular flexibility index (Phi) is 4.29. The summed E-state index contributed by atoms with van der Waals surface area (Å²) in [6.45, 7) is 1.27. The second-order valence-electron chi connectivity index (χ2n) is 6.02. The summed E-state index contributed by atoms with van der Waals surface area (Å²) in [4.78, 5) is 42.6. The number of carbonyl (C=O) groups is 2. The summed E-state index contributed by atoms with van der Waals surface area (Å²) >= 11 is 1.29. The number of aromatic nitrogens is 2. The van der Waals surface area contributed by atoms with Crippen LogP contribution in [0.4, 0.5) is 5.13 Å². The molecule has 1 aliphatic heterocycles. The molecule has 3 aromatic rings. The number of thiazole rings is 1. The summed E-state index contributed by atoms with van der Waals surface area (Å²) in [6, 6.07) is 4.85. The van der Waals surface area contributed by atoms with Gasteiger partial charge in [0.05, 0.1) is 5.52 Å². The SMILES string of the molecule is O=C(Cn1c(=O)oc2ccc(C(=O)N3CCCC3)cc21)Nc1nccs1. The Labute approximate surface area is 152 Å². The summed E-state index contributed by atoms with van der Waals surface area (Å²) in [6.07, 6.45) is 3.58. The molecule has 8 nitrogen and oxygen atoms in total. The Balaban J connectivity index is 1.62. The highest BCUT2D eigenvalue weighted by atomic mass is 32.1. The number of hydrogen-bond donors (Lipinski definition) is 1. The number of rotatable bonds is 4. The largest absolute Gasteiger partial charge is 0.420 e. The van der Waals surface area contributed by atoms with E-state index in [1.165, 1.54) is 15.9 Å². The molecule has 3 heterocycles. The lowest BCUT2D eigenvalue weighted by molar-refractivity contribution is -0.116. The fourth-order valence-electron chi connectivity index (χ4n) is 3.04. The van der Waals surface area contributed by atoms with E-state index in [1.54, 1.807) is 34.7 Å². The van der Waals surface area contributed by atoms with E-state index in [0.29, 0.717) is 21.8 Å². The average Bonchev–Trinajstić information content (AvgIpc) is 3.37. The van der Waals surface area contributed by atoms with Crippen molar-refractivity contribution in [1.82, 2.24) is 14.5 Å². The van der Waals surface area contributed by atoms with Crippen LogP contribution in [0.3, 0.4) is 0 Å². The molecular formula is C17H16N4O4S. The normalized spacial score (nSPS) is 14.1. The van der Waals surface area contributed by atoms with Gasteiger partial charge in [0.1, 0.15) is 6.54 Å². The number of hydrogen-bond acceptors (Lipinski definition) is 6. The molecule has 9 heteroatoms. The molecule has 0 radical (unpaired) electrons. The standard InChI is InChI=1S/C17H16N4O4S/c22-14(19-16-18-5-8-26-16)10-21-12-9-11(3-4-13(12)25-17(21)24)15(23)20-6-1-2-7-20/h3-5,8-9H,1-2,6-7,10H2,(H,18,19,22). The van der Waals surface area contributed by atoms with E-state index >= 15 is 0 Å². The monoisotopic (exact) mass is 372 g/mol. The number of amides is 2. The van der Waals surface area contributed by atoms with Gasteiger partial charge in [-0.2, -0.15) is 0 Å². The van der Waals surface area contributed by atoms with Crippen LogP contribution in [-0.4, -0.2) is 39.4 Å². The number of fused-ring (bicyclic) bond motifs is 1. The zero-order valence-corrected chi connectivity index (χ0v) is 14.6. The van der Waals surface area contributed by atoms with Crippen LogP contribution in [0.2, 0.25) is 0 Å². The lowest BCUT2D eigenvalue weighted by Gasteiger charge is -2.15. The molecule has 1 saturated heterocycles. The van der Waals surface area contributed by atoms with Gasteiger partial charge in [-0.25, -0.2) is 9.78 Å². The highest BCUT2D eigenvalue weighted by molar-refractivity contribution is 7.13. The maximum atomic E-state index is 12.6. The molecule has 0 unspecified atom stereocenters. The first kappa shape index (κ1) is 16.5. The van der Waals surface area contributed by atoms with E-state index in [4.69, 9.17) is 4.42 Å². The Hall–Kier alpha value is -2.94. The van der Waals surface area contributed by atoms with Crippen molar-refractivity contribution in [3.63, 3.8) is 0 Å². The van der Waals surface area contributed by atoms with Gasteiger partial charge in [0.2, 0.25) is 5.91 Å². The topological polar surface area (TPSA) is 97.4 Å². The fraction of sp³-hybridized carbons (Fsp3) is 0.294. The molecule has 4 rings (SSSR count). The first-order valence-corrected chi connectivity index (χ1v) is 9.12. The number of oxazole rings is 1. The molecule has 1 aliphatic rings. The molecule has 2 amide bonds. The molecule has 2 aromatic heterocycles. The zero-order valence-electron chi connectivity index (χ0n) is 13.8. The highest BCUT2D eigenvalue weighted by Crippen LogP contribution is 2.19. The quantitative estimate of drug-likeness (QED) is 0.755. The summed E-state index contributed by atoms with van der Waals surface area (Å²) in [7, 11) is 0. The van der Waals surface area contributed by atoms with Gasteiger partial charge in [-0.05, 0) is 31.0 Å². The van der Waals surface area contributed by atoms with E-state index in [0.717, 1.165) is 25.9 Å². The average molecular weight is 372 g/mol. The number of nitrogens with zero attached hydrogens (tertiary/aromatic N) is 3. The van der Waals surface area contributed by atoms with Crippen molar-refractivity contribution >= 4 is 39.4 Å². The van der Waals surface area contributed by atoms with E-state index in [-0.39, 0.29) is 18.4 Å². The molecule has 0 aliphatic carbocycles. The summed E-state index contributed by atoms with van der Waals surface area (Å²) in [5.74, 6) is -1.10. The van der Waals surface area contributed by atoms with E-state index in [1.807, 2.05) is 0 Å². The van der Waals surface area contributed by atoms with Crippen LogP contribution >= 0.6 is 11.3 Å². The minimum atomic E-state index is -0.639. The molecule has 26 heavy (non-hydrogen) atoms. The van der Waals surface area contributed by atoms with Crippen LogP contribution in [0, 0.1) is 0 Å². The van der Waals surface area contributed by atoms with Crippen LogP contribution in [0.1, 0.15) is 23.2 Å². The van der Waals surface area contributed by atoms with Crippen LogP contribution in [0.5, 0.6) is 0 Å². The van der Waals surface area contributed by atoms with Crippen molar-refractivity contribution in [3.05, 3.63) is 45.9 Å². The van der Waals surface area contributed by atoms with Gasteiger partial charge in [-0.15, -0.1) is 11.3 Å². The van der Waals surface area contributed by atoms with Gasteiger partial charge < -0.3 is 14.6 Å². The van der Waals surface area contributed by atoms with Crippen LogP contribution in [0.25, 0.3) is 11.1 Å². The van der Waals surface area contributed by atoms with Gasteiger partial charge in [-0.1, -0.05) is 0 Å². The molecule has 1 aromatic carbocycles. The van der Waals surface area contributed by atoms with Gasteiger partial charge >= 0.3 is 5.76 Å². The third kappa shape index (κ3) is 3.13. The maximum Gasteiger partial charge on any atom is 0.420 e. The second kappa shape index (κ2) is 6.75. The van der Waals surface area contributed by atoms with Gasteiger partial charge in [0.15, 0.2) is 10.7 Å². The smallest absolute Gasteiger partial charge is 0.408 e. The number of anilines is 1. The molecule has 0 bridgehead atoms. The molecule has 134 valence electrons. The summed E-state index contributed by atoms with van der Waals surface area (Å²) < 4.78 is 6.41. The minimum Gasteiger partial charge on any atom is -0.408 e. The van der Waals surface area contributed by atoms with Crippen molar-refractivity contribution < 1.29 is 14.0 Å². The highest BCUT2D eigenvalue weighted by Gasteiger charge is 2.21. The minimum absolute atomic E-state index is 0.0724. The van der Waals surface area contributed by atoms with E-state index in [2.05, 4.69) is 10.3 Å². The van der Waals surface area contributed by atoms with Crippen LogP contribution in [-0.2, 0) is 11.3 Å². The number of likely N-dealkylation sites (tertiary alicyclic amines) is 1. The first-order chi connectivity index (χ1) is 12.6. The number of nitrogens with one attached hydrogen (secondary N) is 1. The lowest BCUT2D eigenvalue weighted by atomic mass is 10.2. The van der Waals surface area contributed by atoms with Crippen LogP contribution < -0.4 is 11.1 Å². The molecule has 1 fully saturated rings. The number of benzene rings is 1. The molecule has 0 spiro atoms.